The van der Waals surface area contributed by atoms with Crippen LogP contribution in [-0.2, 0) is 17.8 Å². The van der Waals surface area contributed by atoms with Crippen molar-refractivity contribution in [1.29, 1.82) is 0 Å². The van der Waals surface area contributed by atoms with Crippen molar-refractivity contribution in [3.05, 3.63) is 47.0 Å². The van der Waals surface area contributed by atoms with E-state index in [1.165, 1.54) is 0 Å². The molecule has 0 spiro atoms. The maximum atomic E-state index is 12.5. The third-order valence-electron chi connectivity index (χ3n) is 6.05. The van der Waals surface area contributed by atoms with Crippen LogP contribution in [0.2, 0.25) is 0 Å². The Balaban J connectivity index is 1.81. The van der Waals surface area contributed by atoms with E-state index < -0.39 is 10.8 Å². The maximum Gasteiger partial charge on any atom is 0.274 e. The zero-order valence-corrected chi connectivity index (χ0v) is 18.3. The minimum Gasteiger partial charge on any atom is -0.490 e. The summed E-state index contributed by atoms with van der Waals surface area (Å²) in [5, 5.41) is 0.849. The molecular formula is C23H28N2O3S. The number of H-pyrrole nitrogens is 1. The van der Waals surface area contributed by atoms with E-state index in [0.717, 1.165) is 52.8 Å². The number of nitrogens with one attached hydrogen (secondary N) is 1. The van der Waals surface area contributed by atoms with Crippen LogP contribution in [0.5, 0.6) is 5.75 Å². The standard InChI is InChI=1S/C23H28N2O3S/c1-23(2)10-7-15(8-11-23)28-20-6-5-16(29(4)27)13-18(20)19-14-25(3)22(26)21-17(19)9-12-24-21/h5-6,9,12-15,24H,7-8,10-11H2,1-4H3. The first-order valence-corrected chi connectivity index (χ1v) is 11.6. The van der Waals surface area contributed by atoms with Crippen molar-refractivity contribution in [1.82, 2.24) is 9.55 Å². The van der Waals surface area contributed by atoms with Gasteiger partial charge in [-0.3, -0.25) is 9.00 Å². The predicted molar refractivity (Wildman–Crippen MR) is 118 cm³/mol. The quantitative estimate of drug-likeness (QED) is 0.680. The molecule has 2 aromatic heterocycles. The lowest BCUT2D eigenvalue weighted by atomic mass is 9.76. The number of nitrogens with zero attached hydrogens (tertiary/aromatic N) is 1. The second kappa shape index (κ2) is 7.48. The topological polar surface area (TPSA) is 64.1 Å². The molecule has 1 aromatic carbocycles. The van der Waals surface area contributed by atoms with Crippen molar-refractivity contribution < 1.29 is 8.95 Å². The van der Waals surface area contributed by atoms with Crippen molar-refractivity contribution in [2.45, 2.75) is 50.5 Å². The molecule has 1 atom stereocenters. The summed E-state index contributed by atoms with van der Waals surface area (Å²) < 4.78 is 20.2. The first-order valence-electron chi connectivity index (χ1n) is 10.1. The second-order valence-corrected chi connectivity index (χ2v) is 10.2. The molecule has 29 heavy (non-hydrogen) atoms. The largest absolute Gasteiger partial charge is 0.490 e. The van der Waals surface area contributed by atoms with Gasteiger partial charge in [-0.2, -0.15) is 0 Å². The third kappa shape index (κ3) is 3.90. The first-order chi connectivity index (χ1) is 13.7. The van der Waals surface area contributed by atoms with Gasteiger partial charge in [0.25, 0.3) is 5.56 Å². The molecule has 154 valence electrons. The van der Waals surface area contributed by atoms with Crippen LogP contribution in [0.25, 0.3) is 22.0 Å². The van der Waals surface area contributed by atoms with Crippen molar-refractivity contribution in [3.8, 4) is 16.9 Å². The van der Waals surface area contributed by atoms with E-state index in [4.69, 9.17) is 4.74 Å². The van der Waals surface area contributed by atoms with Crippen LogP contribution >= 0.6 is 0 Å². The van der Waals surface area contributed by atoms with Gasteiger partial charge in [0.2, 0.25) is 0 Å². The third-order valence-corrected chi connectivity index (χ3v) is 6.96. The zero-order valence-electron chi connectivity index (χ0n) is 17.5. The van der Waals surface area contributed by atoms with Crippen LogP contribution in [0.4, 0.5) is 0 Å². The van der Waals surface area contributed by atoms with E-state index in [9.17, 15) is 9.00 Å². The molecule has 5 nitrogen and oxygen atoms in total. The molecule has 0 radical (unpaired) electrons. The molecule has 0 aliphatic heterocycles. The number of aryl methyl sites for hydroxylation is 1. The molecule has 0 saturated heterocycles. The molecule has 3 aromatic rings. The molecule has 0 amide bonds. The normalized spacial score (nSPS) is 18.1. The Hall–Kier alpha value is -2.34. The number of benzene rings is 1. The monoisotopic (exact) mass is 412 g/mol. The molecule has 6 heteroatoms. The summed E-state index contributed by atoms with van der Waals surface area (Å²) in [7, 11) is 0.644. The SMILES string of the molecule is Cn1cc(-c2cc(S(C)=O)ccc2OC2CCC(C)(C)CC2)c2cc[nH]c2c1=O. The van der Waals surface area contributed by atoms with Gasteiger partial charge < -0.3 is 14.3 Å². The van der Waals surface area contributed by atoms with Gasteiger partial charge >= 0.3 is 0 Å². The number of rotatable bonds is 4. The highest BCUT2D eigenvalue weighted by atomic mass is 32.2. The second-order valence-electron chi connectivity index (χ2n) is 8.82. The van der Waals surface area contributed by atoms with E-state index in [-0.39, 0.29) is 11.7 Å². The maximum absolute atomic E-state index is 12.5. The Kier molecular flexibility index (Phi) is 5.15. The van der Waals surface area contributed by atoms with Crippen molar-refractivity contribution >= 4 is 21.7 Å². The highest BCUT2D eigenvalue weighted by Crippen LogP contribution is 2.40. The van der Waals surface area contributed by atoms with Gasteiger partial charge in [-0.1, -0.05) is 13.8 Å². The number of hydrogen-bond donors (Lipinski definition) is 1. The van der Waals surface area contributed by atoms with E-state index in [0.29, 0.717) is 10.9 Å². The van der Waals surface area contributed by atoms with Crippen LogP contribution in [0.1, 0.15) is 39.5 Å². The van der Waals surface area contributed by atoms with E-state index in [1.54, 1.807) is 24.1 Å². The number of aromatic nitrogens is 2. The summed E-state index contributed by atoms with van der Waals surface area (Å²) in [6.45, 7) is 4.63. The van der Waals surface area contributed by atoms with Crippen LogP contribution in [0.3, 0.4) is 0 Å². The molecule has 2 heterocycles. The number of ether oxygens (including phenoxy) is 1. The fourth-order valence-electron chi connectivity index (χ4n) is 4.15. The molecule has 0 bridgehead atoms. The molecule has 1 aliphatic carbocycles. The lowest BCUT2D eigenvalue weighted by Gasteiger charge is -2.34. The molecule has 1 N–H and O–H groups in total. The minimum atomic E-state index is -1.10. The molecule has 4 rings (SSSR count). The van der Waals surface area contributed by atoms with Crippen LogP contribution in [-0.4, -0.2) is 26.1 Å². The van der Waals surface area contributed by atoms with Gasteiger partial charge in [-0.25, -0.2) is 0 Å². The number of hydrogen-bond acceptors (Lipinski definition) is 3. The molecule has 1 saturated carbocycles. The summed E-state index contributed by atoms with van der Waals surface area (Å²) in [5.41, 5.74) is 2.66. The Morgan fingerprint density at radius 1 is 1.17 bits per heavy atom. The van der Waals surface area contributed by atoms with Crippen molar-refractivity contribution in [2.24, 2.45) is 12.5 Å². The summed E-state index contributed by atoms with van der Waals surface area (Å²) >= 11 is 0. The Morgan fingerprint density at radius 2 is 1.90 bits per heavy atom. The Bertz CT molecular complexity index is 1130. The molecule has 1 fully saturated rings. The fourth-order valence-corrected chi connectivity index (χ4v) is 4.70. The van der Waals surface area contributed by atoms with E-state index in [2.05, 4.69) is 18.8 Å². The highest BCUT2D eigenvalue weighted by Gasteiger charge is 2.28. The molecule has 1 aliphatic rings. The lowest BCUT2D eigenvalue weighted by molar-refractivity contribution is 0.0992. The predicted octanol–water partition coefficient (Wildman–Crippen LogP) is 4.62. The van der Waals surface area contributed by atoms with Gasteiger partial charge in [0.1, 0.15) is 11.3 Å². The Morgan fingerprint density at radius 3 is 2.59 bits per heavy atom. The number of aromatic amines is 1. The smallest absolute Gasteiger partial charge is 0.274 e. The van der Waals surface area contributed by atoms with E-state index in [1.807, 2.05) is 30.5 Å². The highest BCUT2D eigenvalue weighted by molar-refractivity contribution is 7.84. The summed E-state index contributed by atoms with van der Waals surface area (Å²) in [6, 6.07) is 7.65. The molecular weight excluding hydrogens is 384 g/mol. The van der Waals surface area contributed by atoms with Crippen LogP contribution < -0.4 is 10.3 Å². The minimum absolute atomic E-state index is 0.0686. The van der Waals surface area contributed by atoms with Gasteiger partial charge in [-0.05, 0) is 55.4 Å². The number of pyridine rings is 1. The molecule has 1 unspecified atom stereocenters. The van der Waals surface area contributed by atoms with Gasteiger partial charge in [0.05, 0.1) is 6.10 Å². The lowest BCUT2D eigenvalue weighted by Crippen LogP contribution is -2.28. The Labute approximate surface area is 173 Å². The van der Waals surface area contributed by atoms with Crippen LogP contribution in [0.15, 0.2) is 46.3 Å². The zero-order chi connectivity index (χ0) is 20.8. The van der Waals surface area contributed by atoms with Crippen molar-refractivity contribution in [3.63, 3.8) is 0 Å². The summed E-state index contributed by atoms with van der Waals surface area (Å²) in [4.78, 5) is 16.3. The summed E-state index contributed by atoms with van der Waals surface area (Å²) in [5.74, 6) is 0.782. The first kappa shape index (κ1) is 20.0. The fraction of sp³-hybridized carbons (Fsp3) is 0.435. The van der Waals surface area contributed by atoms with E-state index >= 15 is 0 Å². The summed E-state index contributed by atoms with van der Waals surface area (Å²) in [6.07, 6.45) is 9.82. The van der Waals surface area contributed by atoms with Gasteiger partial charge in [0, 0.05) is 57.9 Å². The van der Waals surface area contributed by atoms with Gasteiger partial charge in [0.15, 0.2) is 0 Å². The van der Waals surface area contributed by atoms with Crippen molar-refractivity contribution in [2.75, 3.05) is 6.26 Å². The van der Waals surface area contributed by atoms with Crippen LogP contribution in [0, 0.1) is 5.41 Å². The average molecular weight is 413 g/mol. The average Bonchev–Trinajstić information content (AvgIpc) is 3.17. The number of fused-ring (bicyclic) bond motifs is 1. The van der Waals surface area contributed by atoms with Gasteiger partial charge in [-0.15, -0.1) is 0 Å².